The maximum absolute atomic E-state index is 12.9. The summed E-state index contributed by atoms with van der Waals surface area (Å²) in [5.74, 6) is 0. The molecule has 0 aliphatic heterocycles. The van der Waals surface area contributed by atoms with Gasteiger partial charge in [0.1, 0.15) is 0 Å². The fraction of sp³-hybridized carbons (Fsp3) is 0.312. The summed E-state index contributed by atoms with van der Waals surface area (Å²) in [4.78, 5) is 4.58. The molecule has 0 fully saturated rings. The third kappa shape index (κ3) is 3.49. The van der Waals surface area contributed by atoms with E-state index in [-0.39, 0.29) is 12.6 Å². The second-order valence-electron chi connectivity index (χ2n) is 5.23. The van der Waals surface area contributed by atoms with Gasteiger partial charge in [-0.25, -0.2) is 8.42 Å². The average Bonchev–Trinajstić information content (AvgIpc) is 2.45. The topological polar surface area (TPSA) is 50.3 Å². The Kier molecular flexibility index (Phi) is 4.75. The zero-order valence-corrected chi connectivity index (χ0v) is 13.3. The second-order valence-corrected chi connectivity index (χ2v) is 7.09. The van der Waals surface area contributed by atoms with Crippen molar-refractivity contribution in [1.82, 2.24) is 9.29 Å². The quantitative estimate of drug-likeness (QED) is 0.853. The zero-order valence-electron chi connectivity index (χ0n) is 12.5. The molecule has 0 spiro atoms. The van der Waals surface area contributed by atoms with E-state index in [0.29, 0.717) is 4.90 Å². The molecule has 2 aromatic rings. The van der Waals surface area contributed by atoms with Crippen molar-refractivity contribution in [3.8, 4) is 0 Å². The lowest BCUT2D eigenvalue weighted by Crippen LogP contribution is -2.37. The zero-order chi connectivity index (χ0) is 15.5. The summed E-state index contributed by atoms with van der Waals surface area (Å²) in [5.41, 5.74) is 1.49. The van der Waals surface area contributed by atoms with E-state index in [1.165, 1.54) is 4.31 Å². The lowest BCUT2D eigenvalue weighted by Gasteiger charge is -2.26. The SMILES string of the molecule is Cc1ccccc1S(=O)(=O)N(Cc1ccccn1)C(C)C. The number of rotatable bonds is 5. The van der Waals surface area contributed by atoms with E-state index in [1.807, 2.05) is 51.1 Å². The standard InChI is InChI=1S/C16H20N2O2S/c1-13(2)18(12-15-9-6-7-11-17-15)21(19,20)16-10-5-4-8-14(16)3/h4-11,13H,12H2,1-3H3. The fourth-order valence-electron chi connectivity index (χ4n) is 2.17. The first kappa shape index (κ1) is 15.7. The highest BCUT2D eigenvalue weighted by atomic mass is 32.2. The van der Waals surface area contributed by atoms with Crippen molar-refractivity contribution in [2.75, 3.05) is 0 Å². The largest absolute Gasteiger partial charge is 0.260 e. The van der Waals surface area contributed by atoms with Gasteiger partial charge in [0.2, 0.25) is 10.0 Å². The Morgan fingerprint density at radius 2 is 1.76 bits per heavy atom. The van der Waals surface area contributed by atoms with Crippen LogP contribution < -0.4 is 0 Å². The number of sulfonamides is 1. The van der Waals surface area contributed by atoms with E-state index in [4.69, 9.17) is 0 Å². The number of pyridine rings is 1. The van der Waals surface area contributed by atoms with Crippen LogP contribution in [0.25, 0.3) is 0 Å². The molecule has 1 heterocycles. The number of aryl methyl sites for hydroxylation is 1. The van der Waals surface area contributed by atoms with Crippen LogP contribution in [0.5, 0.6) is 0 Å². The minimum absolute atomic E-state index is 0.142. The summed E-state index contributed by atoms with van der Waals surface area (Å²) >= 11 is 0. The molecule has 0 saturated carbocycles. The van der Waals surface area contributed by atoms with E-state index in [9.17, 15) is 8.42 Å². The van der Waals surface area contributed by atoms with E-state index < -0.39 is 10.0 Å². The molecular weight excluding hydrogens is 284 g/mol. The predicted octanol–water partition coefficient (Wildman–Crippen LogP) is 2.99. The minimum atomic E-state index is -3.54. The van der Waals surface area contributed by atoms with E-state index >= 15 is 0 Å². The van der Waals surface area contributed by atoms with E-state index in [2.05, 4.69) is 4.98 Å². The molecule has 0 bridgehead atoms. The smallest absolute Gasteiger partial charge is 0.243 e. The van der Waals surface area contributed by atoms with Crippen molar-refractivity contribution < 1.29 is 8.42 Å². The summed E-state index contributed by atoms with van der Waals surface area (Å²) in [5, 5.41) is 0. The normalized spacial score (nSPS) is 12.0. The molecule has 0 aliphatic rings. The molecule has 1 aromatic heterocycles. The average molecular weight is 304 g/mol. The Balaban J connectivity index is 2.40. The van der Waals surface area contributed by atoms with Crippen LogP contribution in [-0.4, -0.2) is 23.7 Å². The van der Waals surface area contributed by atoms with E-state index in [1.54, 1.807) is 18.3 Å². The molecule has 2 rings (SSSR count). The van der Waals surface area contributed by atoms with Crippen LogP contribution in [0.3, 0.4) is 0 Å². The van der Waals surface area contributed by atoms with Crippen LogP contribution in [-0.2, 0) is 16.6 Å². The van der Waals surface area contributed by atoms with Crippen molar-refractivity contribution in [3.05, 3.63) is 59.9 Å². The molecule has 0 amide bonds. The van der Waals surface area contributed by atoms with Crippen LogP contribution in [0.4, 0.5) is 0 Å². The van der Waals surface area contributed by atoms with Crippen molar-refractivity contribution in [3.63, 3.8) is 0 Å². The molecule has 0 N–H and O–H groups in total. The van der Waals surface area contributed by atoms with Gasteiger partial charge in [-0.3, -0.25) is 4.98 Å². The van der Waals surface area contributed by atoms with Gasteiger partial charge in [-0.2, -0.15) is 4.31 Å². The van der Waals surface area contributed by atoms with Gasteiger partial charge in [-0.05, 0) is 44.5 Å². The number of nitrogens with zero attached hydrogens (tertiary/aromatic N) is 2. The molecule has 21 heavy (non-hydrogen) atoms. The highest BCUT2D eigenvalue weighted by Crippen LogP contribution is 2.23. The number of hydrogen-bond acceptors (Lipinski definition) is 3. The van der Waals surface area contributed by atoms with Crippen molar-refractivity contribution in [2.45, 2.75) is 38.3 Å². The van der Waals surface area contributed by atoms with Crippen molar-refractivity contribution >= 4 is 10.0 Å². The van der Waals surface area contributed by atoms with Gasteiger partial charge in [-0.1, -0.05) is 24.3 Å². The Morgan fingerprint density at radius 3 is 2.33 bits per heavy atom. The lowest BCUT2D eigenvalue weighted by molar-refractivity contribution is 0.344. The van der Waals surface area contributed by atoms with Gasteiger partial charge in [-0.15, -0.1) is 0 Å². The van der Waals surface area contributed by atoms with E-state index in [0.717, 1.165) is 11.3 Å². The van der Waals surface area contributed by atoms with Gasteiger partial charge < -0.3 is 0 Å². The minimum Gasteiger partial charge on any atom is -0.260 e. The Bertz CT molecular complexity index is 697. The molecule has 112 valence electrons. The monoisotopic (exact) mass is 304 g/mol. The highest BCUT2D eigenvalue weighted by Gasteiger charge is 2.28. The predicted molar refractivity (Wildman–Crippen MR) is 83.3 cm³/mol. The summed E-state index contributed by atoms with van der Waals surface area (Å²) in [6, 6.07) is 12.4. The molecule has 0 saturated heterocycles. The van der Waals surface area contributed by atoms with Gasteiger partial charge in [0.05, 0.1) is 17.1 Å². The lowest BCUT2D eigenvalue weighted by atomic mass is 10.2. The molecule has 4 nitrogen and oxygen atoms in total. The molecule has 1 aromatic carbocycles. The van der Waals surface area contributed by atoms with Crippen LogP contribution in [0.2, 0.25) is 0 Å². The number of aromatic nitrogens is 1. The first-order valence-corrected chi connectivity index (χ1v) is 8.34. The summed E-state index contributed by atoms with van der Waals surface area (Å²) in [7, 11) is -3.54. The van der Waals surface area contributed by atoms with Gasteiger partial charge >= 0.3 is 0 Å². The van der Waals surface area contributed by atoms with Crippen LogP contribution in [0, 0.1) is 6.92 Å². The Hall–Kier alpha value is -1.72. The summed E-state index contributed by atoms with van der Waals surface area (Å²) in [6.07, 6.45) is 1.67. The summed E-state index contributed by atoms with van der Waals surface area (Å²) in [6.45, 7) is 5.83. The summed E-state index contributed by atoms with van der Waals surface area (Å²) < 4.78 is 27.3. The number of benzene rings is 1. The Labute approximate surface area is 126 Å². The third-order valence-electron chi connectivity index (χ3n) is 3.30. The van der Waals surface area contributed by atoms with Gasteiger partial charge in [0.25, 0.3) is 0 Å². The second kappa shape index (κ2) is 6.37. The van der Waals surface area contributed by atoms with Gasteiger partial charge in [0, 0.05) is 12.2 Å². The van der Waals surface area contributed by atoms with Crippen LogP contribution in [0.1, 0.15) is 25.1 Å². The molecule has 0 unspecified atom stereocenters. The molecular formula is C16H20N2O2S. The maximum atomic E-state index is 12.9. The van der Waals surface area contributed by atoms with Crippen LogP contribution >= 0.6 is 0 Å². The number of hydrogen-bond donors (Lipinski definition) is 0. The first-order valence-electron chi connectivity index (χ1n) is 6.90. The highest BCUT2D eigenvalue weighted by molar-refractivity contribution is 7.89. The maximum Gasteiger partial charge on any atom is 0.243 e. The van der Waals surface area contributed by atoms with Crippen LogP contribution in [0.15, 0.2) is 53.6 Å². The molecule has 0 aliphatic carbocycles. The first-order chi connectivity index (χ1) is 9.93. The fourth-order valence-corrected chi connectivity index (χ4v) is 4.00. The Morgan fingerprint density at radius 1 is 1.10 bits per heavy atom. The van der Waals surface area contributed by atoms with Crippen molar-refractivity contribution in [2.24, 2.45) is 0 Å². The van der Waals surface area contributed by atoms with Crippen molar-refractivity contribution in [1.29, 1.82) is 0 Å². The molecule has 0 radical (unpaired) electrons. The third-order valence-corrected chi connectivity index (χ3v) is 5.48. The molecule has 5 heteroatoms. The molecule has 0 atom stereocenters. The van der Waals surface area contributed by atoms with Gasteiger partial charge in [0.15, 0.2) is 0 Å².